The van der Waals surface area contributed by atoms with E-state index >= 15 is 0 Å². The van der Waals surface area contributed by atoms with Gasteiger partial charge in [-0.1, -0.05) is 30.3 Å². The summed E-state index contributed by atoms with van der Waals surface area (Å²) >= 11 is 1.64. The number of benzene rings is 2. The van der Waals surface area contributed by atoms with Crippen LogP contribution in [0.3, 0.4) is 0 Å². The molecule has 0 unspecified atom stereocenters. The van der Waals surface area contributed by atoms with Gasteiger partial charge in [0.1, 0.15) is 17.3 Å². The Labute approximate surface area is 209 Å². The second-order valence-corrected chi connectivity index (χ2v) is 9.15. The highest BCUT2D eigenvalue weighted by Gasteiger charge is 2.28. The molecule has 3 heterocycles. The average Bonchev–Trinajstić information content (AvgIpc) is 3.45. The number of thiophene rings is 1. The lowest BCUT2D eigenvalue weighted by Gasteiger charge is -2.32. The van der Waals surface area contributed by atoms with Crippen molar-refractivity contribution >= 4 is 17.2 Å². The Morgan fingerprint density at radius 3 is 2.54 bits per heavy atom. The van der Waals surface area contributed by atoms with Gasteiger partial charge in [0.05, 0.1) is 17.9 Å². The Bertz CT molecular complexity index is 1270. The third-order valence-corrected chi connectivity index (χ3v) is 6.75. The number of aromatic nitrogens is 2. The SMILES string of the molecule is CCOc1ccccc1C(=O)N1CCC(c2nc(Oc3ccccc3)cc(-c3ccsc3)n2)CC1. The van der Waals surface area contributed by atoms with Gasteiger partial charge in [-0.2, -0.15) is 16.3 Å². The van der Waals surface area contributed by atoms with Crippen LogP contribution >= 0.6 is 11.3 Å². The lowest BCUT2D eigenvalue weighted by molar-refractivity contribution is 0.0706. The Balaban J connectivity index is 1.35. The summed E-state index contributed by atoms with van der Waals surface area (Å²) in [5, 5.41) is 4.12. The van der Waals surface area contributed by atoms with E-state index in [1.807, 2.05) is 77.9 Å². The topological polar surface area (TPSA) is 64.5 Å². The molecule has 2 aromatic heterocycles. The number of rotatable bonds is 7. The zero-order valence-corrected chi connectivity index (χ0v) is 20.4. The largest absolute Gasteiger partial charge is 0.493 e. The predicted molar refractivity (Wildman–Crippen MR) is 137 cm³/mol. The maximum absolute atomic E-state index is 13.2. The van der Waals surface area contributed by atoms with Gasteiger partial charge < -0.3 is 14.4 Å². The molecule has 0 saturated carbocycles. The first-order valence-electron chi connectivity index (χ1n) is 11.9. The number of nitrogens with zero attached hydrogens (tertiary/aromatic N) is 3. The molecule has 1 saturated heterocycles. The molecule has 1 fully saturated rings. The number of para-hydroxylation sites is 2. The van der Waals surface area contributed by atoms with E-state index < -0.39 is 0 Å². The lowest BCUT2D eigenvalue weighted by Crippen LogP contribution is -2.38. The maximum atomic E-state index is 13.2. The van der Waals surface area contributed by atoms with E-state index in [2.05, 4.69) is 11.4 Å². The third-order valence-electron chi connectivity index (χ3n) is 6.07. The van der Waals surface area contributed by atoms with Crippen molar-refractivity contribution in [1.29, 1.82) is 0 Å². The molecule has 0 N–H and O–H groups in total. The number of carbonyl (C=O) groups excluding carboxylic acids is 1. The number of piperidine rings is 1. The van der Waals surface area contributed by atoms with Crippen LogP contribution in [0.5, 0.6) is 17.4 Å². The summed E-state index contributed by atoms with van der Waals surface area (Å²) in [5.41, 5.74) is 2.52. The number of hydrogen-bond acceptors (Lipinski definition) is 6. The van der Waals surface area contributed by atoms with Crippen molar-refractivity contribution in [1.82, 2.24) is 14.9 Å². The van der Waals surface area contributed by atoms with E-state index in [1.54, 1.807) is 11.3 Å². The molecule has 1 aliphatic heterocycles. The minimum atomic E-state index is 0.00791. The van der Waals surface area contributed by atoms with Crippen LogP contribution < -0.4 is 9.47 Å². The van der Waals surface area contributed by atoms with Crippen LogP contribution in [0.4, 0.5) is 0 Å². The molecular formula is C28H27N3O3S. The monoisotopic (exact) mass is 485 g/mol. The van der Waals surface area contributed by atoms with Gasteiger partial charge in [-0.3, -0.25) is 4.79 Å². The highest BCUT2D eigenvalue weighted by molar-refractivity contribution is 7.08. The molecule has 35 heavy (non-hydrogen) atoms. The van der Waals surface area contributed by atoms with Crippen LogP contribution in [0.25, 0.3) is 11.3 Å². The summed E-state index contributed by atoms with van der Waals surface area (Å²) in [6, 6.07) is 21.1. The van der Waals surface area contributed by atoms with E-state index in [-0.39, 0.29) is 11.8 Å². The number of amides is 1. The smallest absolute Gasteiger partial charge is 0.257 e. The Kier molecular flexibility index (Phi) is 7.04. The van der Waals surface area contributed by atoms with E-state index in [0.29, 0.717) is 36.9 Å². The standard InChI is InChI=1S/C28H27N3O3S/c1-2-33-25-11-7-6-10-23(25)28(32)31-15-12-20(13-16-31)27-29-24(21-14-17-35-19-21)18-26(30-27)34-22-8-4-3-5-9-22/h3-11,14,17-20H,2,12-13,15-16H2,1H3. The molecule has 1 aliphatic rings. The van der Waals surface area contributed by atoms with Gasteiger partial charge >= 0.3 is 0 Å². The molecule has 7 heteroatoms. The zero-order valence-electron chi connectivity index (χ0n) is 19.6. The first kappa shape index (κ1) is 23.1. The molecular weight excluding hydrogens is 458 g/mol. The summed E-state index contributed by atoms with van der Waals surface area (Å²) in [6.07, 6.45) is 1.58. The summed E-state index contributed by atoms with van der Waals surface area (Å²) in [5.74, 6) is 2.83. The predicted octanol–water partition coefficient (Wildman–Crippen LogP) is 6.42. The summed E-state index contributed by atoms with van der Waals surface area (Å²) in [4.78, 5) is 24.8. The fraction of sp³-hybridized carbons (Fsp3) is 0.250. The third kappa shape index (κ3) is 5.35. The molecule has 6 nitrogen and oxygen atoms in total. The Morgan fingerprint density at radius 1 is 1.03 bits per heavy atom. The number of hydrogen-bond donors (Lipinski definition) is 0. The van der Waals surface area contributed by atoms with Crippen molar-refractivity contribution in [2.45, 2.75) is 25.7 Å². The van der Waals surface area contributed by atoms with Crippen molar-refractivity contribution in [3.63, 3.8) is 0 Å². The highest BCUT2D eigenvalue weighted by atomic mass is 32.1. The quantitative estimate of drug-likeness (QED) is 0.302. The van der Waals surface area contributed by atoms with Gasteiger partial charge in [0.2, 0.25) is 5.88 Å². The van der Waals surface area contributed by atoms with Gasteiger partial charge in [-0.15, -0.1) is 0 Å². The molecule has 1 amide bonds. The van der Waals surface area contributed by atoms with Crippen molar-refractivity contribution in [2.75, 3.05) is 19.7 Å². The molecule has 4 aromatic rings. The van der Waals surface area contributed by atoms with Crippen LogP contribution in [0.2, 0.25) is 0 Å². The molecule has 0 radical (unpaired) electrons. The van der Waals surface area contributed by atoms with Crippen LogP contribution in [0.15, 0.2) is 77.5 Å². The first-order chi connectivity index (χ1) is 17.2. The molecule has 0 spiro atoms. The first-order valence-corrected chi connectivity index (χ1v) is 12.8. The molecule has 2 aromatic carbocycles. The van der Waals surface area contributed by atoms with E-state index in [4.69, 9.17) is 19.4 Å². The van der Waals surface area contributed by atoms with Gasteiger partial charge in [0.25, 0.3) is 5.91 Å². The van der Waals surface area contributed by atoms with E-state index in [1.165, 1.54) is 0 Å². The van der Waals surface area contributed by atoms with Gasteiger partial charge in [-0.25, -0.2) is 4.98 Å². The maximum Gasteiger partial charge on any atom is 0.257 e. The minimum Gasteiger partial charge on any atom is -0.493 e. The van der Waals surface area contributed by atoms with Gasteiger partial charge in [0, 0.05) is 36.0 Å². The van der Waals surface area contributed by atoms with Crippen molar-refractivity contribution in [2.24, 2.45) is 0 Å². The minimum absolute atomic E-state index is 0.00791. The van der Waals surface area contributed by atoms with Crippen LogP contribution in [-0.2, 0) is 0 Å². The summed E-state index contributed by atoms with van der Waals surface area (Å²) in [7, 11) is 0. The second-order valence-electron chi connectivity index (χ2n) is 8.37. The molecule has 0 aliphatic carbocycles. The molecule has 0 bridgehead atoms. The fourth-order valence-electron chi connectivity index (χ4n) is 4.28. The Morgan fingerprint density at radius 2 is 1.80 bits per heavy atom. The number of carbonyl (C=O) groups is 1. The van der Waals surface area contributed by atoms with Gasteiger partial charge in [-0.05, 0) is 55.5 Å². The Hall–Kier alpha value is -3.71. The highest BCUT2D eigenvalue weighted by Crippen LogP contribution is 2.32. The van der Waals surface area contributed by atoms with Crippen molar-refractivity contribution < 1.29 is 14.3 Å². The molecule has 5 rings (SSSR count). The van der Waals surface area contributed by atoms with E-state index in [0.717, 1.165) is 35.7 Å². The molecule has 0 atom stereocenters. The summed E-state index contributed by atoms with van der Waals surface area (Å²) < 4.78 is 11.7. The fourth-order valence-corrected chi connectivity index (χ4v) is 4.93. The van der Waals surface area contributed by atoms with Crippen molar-refractivity contribution in [3.05, 3.63) is 88.9 Å². The second kappa shape index (κ2) is 10.7. The summed E-state index contributed by atoms with van der Waals surface area (Å²) in [6.45, 7) is 3.74. The van der Waals surface area contributed by atoms with Crippen LogP contribution in [0.1, 0.15) is 41.9 Å². The van der Waals surface area contributed by atoms with Crippen LogP contribution in [0, 0.1) is 0 Å². The lowest BCUT2D eigenvalue weighted by atomic mass is 9.95. The van der Waals surface area contributed by atoms with Crippen LogP contribution in [-0.4, -0.2) is 40.5 Å². The average molecular weight is 486 g/mol. The number of ether oxygens (including phenoxy) is 2. The van der Waals surface area contributed by atoms with Crippen molar-refractivity contribution in [3.8, 4) is 28.6 Å². The number of likely N-dealkylation sites (tertiary alicyclic amines) is 1. The molecule has 178 valence electrons. The zero-order chi connectivity index (χ0) is 24.0. The van der Waals surface area contributed by atoms with E-state index in [9.17, 15) is 4.79 Å². The normalized spacial score (nSPS) is 14.0. The van der Waals surface area contributed by atoms with Gasteiger partial charge in [0.15, 0.2) is 0 Å².